The van der Waals surface area contributed by atoms with Gasteiger partial charge in [0.15, 0.2) is 0 Å². The summed E-state index contributed by atoms with van der Waals surface area (Å²) >= 11 is 0. The minimum absolute atomic E-state index is 0.299. The van der Waals surface area contributed by atoms with E-state index < -0.39 is 7.91 Å². The first-order valence-electron chi connectivity index (χ1n) is 2.09. The lowest BCUT2D eigenvalue weighted by atomic mass is 11.0. The third kappa shape index (κ3) is 1.36. The second-order valence-electron chi connectivity index (χ2n) is 1.38. The van der Waals surface area contributed by atoms with E-state index >= 15 is 0 Å². The Morgan fingerprint density at radius 3 is 2.44 bits per heavy atom. The summed E-state index contributed by atoms with van der Waals surface area (Å²) in [5.74, 6) is 0. The molecule has 0 amide bonds. The monoisotopic (exact) mass is 152 g/mol. The van der Waals surface area contributed by atoms with Gasteiger partial charge in [0.05, 0.1) is 0 Å². The molecule has 0 aliphatic rings. The maximum atomic E-state index is 11.8. The van der Waals surface area contributed by atoms with Crippen LogP contribution in [0.3, 0.4) is 0 Å². The Morgan fingerprint density at radius 2 is 2.22 bits per heavy atom. The fourth-order valence-electron chi connectivity index (χ4n) is 0.390. The highest BCUT2D eigenvalue weighted by molar-refractivity contribution is 7.51. The molecule has 0 N–H and O–H groups in total. The molecule has 0 saturated heterocycles. The maximum absolute atomic E-state index is 11.8. The predicted octanol–water partition coefficient (Wildman–Crippen LogP) is 1.78. The van der Waals surface area contributed by atoms with Crippen LogP contribution in [-0.2, 0) is 4.57 Å². The van der Waals surface area contributed by atoms with Gasteiger partial charge in [-0.15, -0.1) is 8.39 Å². The molecule has 3 nitrogen and oxygen atoms in total. The molecule has 0 radical (unpaired) electrons. The summed E-state index contributed by atoms with van der Waals surface area (Å²) in [7, 11) is -5.12. The van der Waals surface area contributed by atoms with Crippen molar-refractivity contribution >= 4 is 7.91 Å². The van der Waals surface area contributed by atoms with Crippen LogP contribution in [0, 0.1) is 0 Å². The van der Waals surface area contributed by atoms with Crippen molar-refractivity contribution in [2.24, 2.45) is 0 Å². The van der Waals surface area contributed by atoms with E-state index in [1.54, 1.807) is 0 Å². The van der Waals surface area contributed by atoms with Gasteiger partial charge < -0.3 is 0 Å². The first kappa shape index (κ1) is 6.42. The quantitative estimate of drug-likeness (QED) is 0.575. The summed E-state index contributed by atoms with van der Waals surface area (Å²) in [4.78, 5) is 3.30. The lowest BCUT2D eigenvalue weighted by Crippen LogP contribution is -1.80. The topological polar surface area (TPSA) is 34.9 Å². The third-order valence-electron chi connectivity index (χ3n) is 0.759. The summed E-state index contributed by atoms with van der Waals surface area (Å²) in [6, 6.07) is 0. The predicted molar refractivity (Wildman–Crippen MR) is 27.4 cm³/mol. The molecular weight excluding hydrogens is 149 g/mol. The van der Waals surface area contributed by atoms with E-state index in [0.29, 0.717) is 4.34 Å². The van der Waals surface area contributed by atoms with Crippen LogP contribution in [0.4, 0.5) is 8.39 Å². The number of halogens is 2. The molecule has 1 rings (SSSR count). The Hall–Kier alpha value is -0.700. The molecule has 0 aliphatic heterocycles. The normalized spacial score (nSPS) is 11.8. The zero-order chi connectivity index (χ0) is 6.91. The molecule has 0 unspecified atom stereocenters. The summed E-state index contributed by atoms with van der Waals surface area (Å²) in [5, 5.41) is 0. The van der Waals surface area contributed by atoms with Gasteiger partial charge in [0.2, 0.25) is 0 Å². The SMILES string of the molecule is O=P(F)(F)n1ccnc1. The molecule has 0 bridgehead atoms. The molecule has 0 aliphatic carbocycles. The number of hydrogen-bond donors (Lipinski definition) is 0. The van der Waals surface area contributed by atoms with Crippen LogP contribution in [0.15, 0.2) is 18.7 Å². The second kappa shape index (κ2) is 1.92. The molecule has 0 fully saturated rings. The minimum atomic E-state index is -5.12. The standard InChI is InChI=1S/C3H3F2N2OP/c4-9(5,8)7-2-1-6-3-7/h1-3H. The van der Waals surface area contributed by atoms with Gasteiger partial charge in [-0.3, -0.25) is 0 Å². The fraction of sp³-hybridized carbons (Fsp3) is 0. The molecular formula is C3H3F2N2OP. The molecule has 6 heteroatoms. The van der Waals surface area contributed by atoms with E-state index in [-0.39, 0.29) is 0 Å². The molecule has 9 heavy (non-hydrogen) atoms. The van der Waals surface area contributed by atoms with Crippen LogP contribution in [-0.4, -0.2) is 9.32 Å². The van der Waals surface area contributed by atoms with Crippen molar-refractivity contribution in [3.8, 4) is 0 Å². The van der Waals surface area contributed by atoms with Crippen molar-refractivity contribution in [3.05, 3.63) is 18.7 Å². The van der Waals surface area contributed by atoms with Crippen molar-refractivity contribution in [2.75, 3.05) is 0 Å². The number of rotatable bonds is 1. The lowest BCUT2D eigenvalue weighted by molar-refractivity contribution is 0.482. The van der Waals surface area contributed by atoms with Gasteiger partial charge in [-0.25, -0.2) is 13.9 Å². The molecule has 1 heterocycles. The molecule has 0 atom stereocenters. The molecule has 1 aromatic rings. The van der Waals surface area contributed by atoms with E-state index in [1.807, 2.05) is 0 Å². The van der Waals surface area contributed by atoms with E-state index in [0.717, 1.165) is 18.7 Å². The Balaban J connectivity index is 3.04. The van der Waals surface area contributed by atoms with Gasteiger partial charge in [-0.05, 0) is 0 Å². The summed E-state index contributed by atoms with van der Waals surface area (Å²) < 4.78 is 33.7. The van der Waals surface area contributed by atoms with Crippen LogP contribution in [0.2, 0.25) is 0 Å². The van der Waals surface area contributed by atoms with Crippen LogP contribution in [0.1, 0.15) is 0 Å². The molecule has 0 saturated carbocycles. The average molecular weight is 152 g/mol. The zero-order valence-corrected chi connectivity index (χ0v) is 5.13. The van der Waals surface area contributed by atoms with E-state index in [1.165, 1.54) is 0 Å². The molecule has 50 valence electrons. The van der Waals surface area contributed by atoms with Gasteiger partial charge in [-0.2, -0.15) is 0 Å². The minimum Gasteiger partial charge on any atom is -0.245 e. The summed E-state index contributed by atoms with van der Waals surface area (Å²) in [6.07, 6.45) is 2.92. The zero-order valence-electron chi connectivity index (χ0n) is 4.24. The van der Waals surface area contributed by atoms with E-state index in [4.69, 9.17) is 0 Å². The Labute approximate surface area is 50.0 Å². The third-order valence-corrected chi connectivity index (χ3v) is 1.53. The van der Waals surface area contributed by atoms with Crippen LogP contribution in [0.25, 0.3) is 0 Å². The van der Waals surface area contributed by atoms with Gasteiger partial charge in [0.1, 0.15) is 6.33 Å². The van der Waals surface area contributed by atoms with Crippen molar-refractivity contribution in [1.29, 1.82) is 0 Å². The summed E-state index contributed by atoms with van der Waals surface area (Å²) in [6.45, 7) is 0. The van der Waals surface area contributed by atoms with Gasteiger partial charge in [-0.1, -0.05) is 0 Å². The highest BCUT2D eigenvalue weighted by Crippen LogP contribution is 2.49. The largest absolute Gasteiger partial charge is 0.515 e. The van der Waals surface area contributed by atoms with Crippen molar-refractivity contribution < 1.29 is 13.0 Å². The second-order valence-corrected chi connectivity index (χ2v) is 2.71. The van der Waals surface area contributed by atoms with Crippen molar-refractivity contribution in [1.82, 2.24) is 9.32 Å². The van der Waals surface area contributed by atoms with E-state index in [2.05, 4.69) is 4.98 Å². The number of imidazole rings is 1. The molecule has 0 aromatic carbocycles. The summed E-state index contributed by atoms with van der Waals surface area (Å²) in [5.41, 5.74) is 0. The number of aromatic nitrogens is 2. The van der Waals surface area contributed by atoms with Gasteiger partial charge in [0, 0.05) is 12.4 Å². The molecule has 0 spiro atoms. The first-order valence-corrected chi connectivity index (χ1v) is 3.53. The van der Waals surface area contributed by atoms with Crippen LogP contribution >= 0.6 is 7.91 Å². The lowest BCUT2D eigenvalue weighted by Gasteiger charge is -1.94. The Morgan fingerprint density at radius 1 is 1.56 bits per heavy atom. The highest BCUT2D eigenvalue weighted by Gasteiger charge is 2.20. The van der Waals surface area contributed by atoms with Crippen LogP contribution in [0.5, 0.6) is 0 Å². The maximum Gasteiger partial charge on any atom is 0.515 e. The van der Waals surface area contributed by atoms with Crippen LogP contribution < -0.4 is 0 Å². The number of nitrogens with zero attached hydrogens (tertiary/aromatic N) is 2. The fourth-order valence-corrected chi connectivity index (χ4v) is 0.785. The van der Waals surface area contributed by atoms with Gasteiger partial charge in [0.25, 0.3) is 0 Å². The highest BCUT2D eigenvalue weighted by atomic mass is 31.2. The average Bonchev–Trinajstić information content (AvgIpc) is 2.08. The van der Waals surface area contributed by atoms with Crippen molar-refractivity contribution in [2.45, 2.75) is 0 Å². The Kier molecular flexibility index (Phi) is 1.37. The number of hydrogen-bond acceptors (Lipinski definition) is 2. The smallest absolute Gasteiger partial charge is 0.245 e. The first-order chi connectivity index (χ1) is 4.11. The molecule has 1 aromatic heterocycles. The van der Waals surface area contributed by atoms with E-state index in [9.17, 15) is 13.0 Å². The van der Waals surface area contributed by atoms with Crippen molar-refractivity contribution in [3.63, 3.8) is 0 Å². The van der Waals surface area contributed by atoms with Gasteiger partial charge >= 0.3 is 7.91 Å². The Bertz CT molecular complexity index is 228.